The fourth-order valence-electron chi connectivity index (χ4n) is 1.97. The van der Waals surface area contributed by atoms with Gasteiger partial charge in [0.1, 0.15) is 0 Å². The third-order valence-electron chi connectivity index (χ3n) is 3.19. The highest BCUT2D eigenvalue weighted by atomic mass is 15.3. The molecule has 1 aliphatic carbocycles. The predicted molar refractivity (Wildman–Crippen MR) is 61.4 cm³/mol. The molecule has 0 heterocycles. The highest BCUT2D eigenvalue weighted by molar-refractivity contribution is 5.04. The van der Waals surface area contributed by atoms with Crippen LogP contribution in [0.25, 0.3) is 0 Å². The molecule has 2 N–H and O–H groups in total. The van der Waals surface area contributed by atoms with Crippen LogP contribution in [0.4, 0.5) is 0 Å². The minimum Gasteiger partial charge on any atom is -0.329 e. The van der Waals surface area contributed by atoms with Gasteiger partial charge in [0.15, 0.2) is 0 Å². The number of hydrogen-bond donors (Lipinski definition) is 1. The van der Waals surface area contributed by atoms with Gasteiger partial charge in [0.25, 0.3) is 0 Å². The van der Waals surface area contributed by atoms with Crippen molar-refractivity contribution in [2.24, 2.45) is 5.73 Å². The molecular weight excluding hydrogens is 174 g/mol. The zero-order valence-electron chi connectivity index (χ0n) is 9.92. The van der Waals surface area contributed by atoms with Crippen LogP contribution in [-0.4, -0.2) is 55.6 Å². The molecule has 0 radical (unpaired) electrons. The van der Waals surface area contributed by atoms with Gasteiger partial charge in [-0.05, 0) is 39.9 Å². The fourth-order valence-corrected chi connectivity index (χ4v) is 1.97. The van der Waals surface area contributed by atoms with Crippen molar-refractivity contribution >= 4 is 0 Å². The van der Waals surface area contributed by atoms with E-state index in [4.69, 9.17) is 5.73 Å². The van der Waals surface area contributed by atoms with Gasteiger partial charge in [-0.2, -0.15) is 0 Å². The average Bonchev–Trinajstić information content (AvgIpc) is 2.92. The Kier molecular flexibility index (Phi) is 4.35. The topological polar surface area (TPSA) is 32.5 Å². The van der Waals surface area contributed by atoms with Gasteiger partial charge >= 0.3 is 0 Å². The number of hydrogen-bond acceptors (Lipinski definition) is 3. The molecule has 14 heavy (non-hydrogen) atoms. The van der Waals surface area contributed by atoms with Crippen LogP contribution >= 0.6 is 0 Å². The van der Waals surface area contributed by atoms with Crippen LogP contribution in [0.2, 0.25) is 0 Å². The van der Waals surface area contributed by atoms with Crippen LogP contribution < -0.4 is 5.73 Å². The first-order valence-electron chi connectivity index (χ1n) is 5.74. The third-order valence-corrected chi connectivity index (χ3v) is 3.19. The number of nitrogens with zero attached hydrogens (tertiary/aromatic N) is 2. The summed E-state index contributed by atoms with van der Waals surface area (Å²) in [6.45, 7) is 6.58. The summed E-state index contributed by atoms with van der Waals surface area (Å²) in [6, 6.07) is 0. The quantitative estimate of drug-likeness (QED) is 0.657. The molecule has 3 nitrogen and oxygen atoms in total. The smallest absolute Gasteiger partial charge is 0.0333 e. The standard InChI is InChI=1S/C11H25N3/c1-4-7-14(9-8-13(2)3)11(10-12)5-6-11/h4-10,12H2,1-3H3. The predicted octanol–water partition coefficient (Wildman–Crippen LogP) is 0.751. The second-order valence-electron chi connectivity index (χ2n) is 4.72. The molecule has 1 fully saturated rings. The van der Waals surface area contributed by atoms with Crippen molar-refractivity contribution in [3.63, 3.8) is 0 Å². The lowest BCUT2D eigenvalue weighted by molar-refractivity contribution is 0.165. The van der Waals surface area contributed by atoms with E-state index in [1.54, 1.807) is 0 Å². The lowest BCUT2D eigenvalue weighted by atomic mass is 10.2. The molecule has 0 unspecified atom stereocenters. The van der Waals surface area contributed by atoms with Gasteiger partial charge < -0.3 is 10.6 Å². The fraction of sp³-hybridized carbons (Fsp3) is 1.00. The summed E-state index contributed by atoms with van der Waals surface area (Å²) in [5, 5.41) is 0. The molecule has 0 aromatic heterocycles. The Labute approximate surface area is 88.2 Å². The van der Waals surface area contributed by atoms with E-state index in [2.05, 4.69) is 30.8 Å². The van der Waals surface area contributed by atoms with Gasteiger partial charge in [0.05, 0.1) is 0 Å². The Morgan fingerprint density at radius 1 is 1.14 bits per heavy atom. The first kappa shape index (κ1) is 12.0. The van der Waals surface area contributed by atoms with Crippen LogP contribution in [0.1, 0.15) is 26.2 Å². The Morgan fingerprint density at radius 3 is 2.14 bits per heavy atom. The van der Waals surface area contributed by atoms with E-state index in [1.807, 2.05) is 0 Å². The maximum Gasteiger partial charge on any atom is 0.0333 e. The summed E-state index contributed by atoms with van der Waals surface area (Å²) in [7, 11) is 4.26. The Hall–Kier alpha value is -0.120. The normalized spacial score (nSPS) is 19.3. The summed E-state index contributed by atoms with van der Waals surface area (Å²) < 4.78 is 0. The van der Waals surface area contributed by atoms with Crippen LogP contribution in [0.3, 0.4) is 0 Å². The van der Waals surface area contributed by atoms with Crippen LogP contribution in [0, 0.1) is 0 Å². The number of rotatable bonds is 7. The summed E-state index contributed by atoms with van der Waals surface area (Å²) in [5.74, 6) is 0. The van der Waals surface area contributed by atoms with E-state index >= 15 is 0 Å². The van der Waals surface area contributed by atoms with Crippen LogP contribution in [-0.2, 0) is 0 Å². The molecule has 0 spiro atoms. The first-order chi connectivity index (χ1) is 6.64. The molecule has 0 aromatic carbocycles. The van der Waals surface area contributed by atoms with E-state index in [-0.39, 0.29) is 0 Å². The molecule has 84 valence electrons. The minimum absolute atomic E-state index is 0.381. The van der Waals surface area contributed by atoms with Gasteiger partial charge in [-0.15, -0.1) is 0 Å². The first-order valence-corrected chi connectivity index (χ1v) is 5.74. The van der Waals surface area contributed by atoms with Crippen LogP contribution in [0.15, 0.2) is 0 Å². The molecule has 3 heteroatoms. The number of nitrogens with two attached hydrogens (primary N) is 1. The molecule has 0 amide bonds. The molecule has 0 atom stereocenters. The van der Waals surface area contributed by atoms with E-state index in [0.717, 1.165) is 19.6 Å². The molecule has 1 aliphatic rings. The van der Waals surface area contributed by atoms with Crippen molar-refractivity contribution in [2.45, 2.75) is 31.7 Å². The van der Waals surface area contributed by atoms with Gasteiger partial charge in [-0.1, -0.05) is 6.92 Å². The second kappa shape index (κ2) is 5.10. The van der Waals surface area contributed by atoms with Gasteiger partial charge in [-0.3, -0.25) is 4.90 Å². The molecule has 1 saturated carbocycles. The van der Waals surface area contributed by atoms with E-state index in [0.29, 0.717) is 5.54 Å². The second-order valence-corrected chi connectivity index (χ2v) is 4.72. The lowest BCUT2D eigenvalue weighted by Crippen LogP contribution is -2.46. The van der Waals surface area contributed by atoms with Crippen molar-refractivity contribution in [1.29, 1.82) is 0 Å². The Balaban J connectivity index is 2.39. The SMILES string of the molecule is CCCN(CCN(C)C)C1(CN)CC1. The van der Waals surface area contributed by atoms with E-state index < -0.39 is 0 Å². The molecule has 1 rings (SSSR count). The lowest BCUT2D eigenvalue weighted by Gasteiger charge is -2.31. The molecule has 0 aliphatic heterocycles. The van der Waals surface area contributed by atoms with Gasteiger partial charge in [0.2, 0.25) is 0 Å². The highest BCUT2D eigenvalue weighted by Crippen LogP contribution is 2.40. The average molecular weight is 199 g/mol. The zero-order chi connectivity index (χ0) is 10.6. The van der Waals surface area contributed by atoms with Crippen molar-refractivity contribution < 1.29 is 0 Å². The maximum atomic E-state index is 5.85. The van der Waals surface area contributed by atoms with Crippen molar-refractivity contribution in [3.05, 3.63) is 0 Å². The van der Waals surface area contributed by atoms with E-state index in [1.165, 1.54) is 25.8 Å². The van der Waals surface area contributed by atoms with Crippen molar-refractivity contribution in [1.82, 2.24) is 9.80 Å². The van der Waals surface area contributed by atoms with Crippen molar-refractivity contribution in [3.8, 4) is 0 Å². The molecule has 0 saturated heterocycles. The molecule has 0 aromatic rings. The monoisotopic (exact) mass is 199 g/mol. The summed E-state index contributed by atoms with van der Waals surface area (Å²) in [4.78, 5) is 4.84. The summed E-state index contributed by atoms with van der Waals surface area (Å²) in [6.07, 6.45) is 3.84. The third kappa shape index (κ3) is 2.94. The van der Waals surface area contributed by atoms with Crippen LogP contribution in [0.5, 0.6) is 0 Å². The van der Waals surface area contributed by atoms with E-state index in [9.17, 15) is 0 Å². The molecule has 0 bridgehead atoms. The Bertz CT molecular complexity index is 164. The molecular formula is C11H25N3. The Morgan fingerprint density at radius 2 is 1.79 bits per heavy atom. The minimum atomic E-state index is 0.381. The zero-order valence-corrected chi connectivity index (χ0v) is 9.92. The summed E-state index contributed by atoms with van der Waals surface area (Å²) in [5.41, 5.74) is 6.23. The van der Waals surface area contributed by atoms with Gasteiger partial charge in [0, 0.05) is 25.2 Å². The highest BCUT2D eigenvalue weighted by Gasteiger charge is 2.45. The summed E-state index contributed by atoms with van der Waals surface area (Å²) >= 11 is 0. The number of likely N-dealkylation sites (N-methyl/N-ethyl adjacent to an activating group) is 1. The largest absolute Gasteiger partial charge is 0.329 e. The van der Waals surface area contributed by atoms with Crippen molar-refractivity contribution in [2.75, 3.05) is 40.3 Å². The van der Waals surface area contributed by atoms with Gasteiger partial charge in [-0.25, -0.2) is 0 Å². The maximum absolute atomic E-state index is 5.85.